The minimum Gasteiger partial charge on any atom is -0.354 e. The van der Waals surface area contributed by atoms with Crippen molar-refractivity contribution in [3.8, 4) is 0 Å². The molecule has 0 aromatic carbocycles. The van der Waals surface area contributed by atoms with Crippen LogP contribution >= 0.6 is 11.3 Å². The van der Waals surface area contributed by atoms with Gasteiger partial charge in [0.25, 0.3) is 0 Å². The highest BCUT2D eigenvalue weighted by atomic mass is 32.1. The van der Waals surface area contributed by atoms with Crippen molar-refractivity contribution < 1.29 is 0 Å². The average molecular weight is 274 g/mol. The van der Waals surface area contributed by atoms with Crippen LogP contribution in [0.5, 0.6) is 0 Å². The Hall–Kier alpha value is -1.62. The summed E-state index contributed by atoms with van der Waals surface area (Å²) in [6, 6.07) is 4.30. The monoisotopic (exact) mass is 274 g/mol. The minimum absolute atomic E-state index is 0.730. The van der Waals surface area contributed by atoms with E-state index in [1.165, 1.54) is 10.4 Å². The van der Waals surface area contributed by atoms with Gasteiger partial charge < -0.3 is 10.2 Å². The van der Waals surface area contributed by atoms with Crippen molar-refractivity contribution in [2.45, 2.75) is 26.8 Å². The Kier molecular flexibility index (Phi) is 3.38. The maximum absolute atomic E-state index is 4.61. The van der Waals surface area contributed by atoms with Crippen LogP contribution < -0.4 is 10.2 Å². The molecule has 2 aromatic heterocycles. The number of aryl methyl sites for hydroxylation is 1. The number of rotatable bonds is 3. The zero-order chi connectivity index (χ0) is 13.2. The molecule has 0 aliphatic carbocycles. The molecule has 0 bridgehead atoms. The lowest BCUT2D eigenvalue weighted by Gasteiger charge is -2.28. The van der Waals surface area contributed by atoms with E-state index in [0.29, 0.717) is 0 Å². The third kappa shape index (κ3) is 2.56. The molecular formula is C14H18N4S. The molecule has 5 heteroatoms. The van der Waals surface area contributed by atoms with E-state index in [2.05, 4.69) is 44.6 Å². The van der Waals surface area contributed by atoms with Gasteiger partial charge in [-0.25, -0.2) is 4.98 Å². The van der Waals surface area contributed by atoms with Crippen LogP contribution in [0.15, 0.2) is 17.5 Å². The molecule has 0 spiro atoms. The van der Waals surface area contributed by atoms with Crippen molar-refractivity contribution >= 4 is 23.1 Å². The number of thiophene rings is 1. The van der Waals surface area contributed by atoms with Gasteiger partial charge in [0.15, 0.2) is 0 Å². The predicted octanol–water partition coefficient (Wildman–Crippen LogP) is 2.84. The quantitative estimate of drug-likeness (QED) is 0.934. The Morgan fingerprint density at radius 3 is 3.16 bits per heavy atom. The van der Waals surface area contributed by atoms with E-state index in [1.807, 2.05) is 18.3 Å². The van der Waals surface area contributed by atoms with Crippen LogP contribution in [-0.4, -0.2) is 23.1 Å². The Balaban J connectivity index is 1.87. The van der Waals surface area contributed by atoms with Crippen LogP contribution in [0.25, 0.3) is 0 Å². The molecule has 1 aliphatic rings. The number of aromatic nitrogens is 2. The molecule has 0 fully saturated rings. The lowest BCUT2D eigenvalue weighted by atomic mass is 10.1. The number of nitrogens with one attached hydrogen (secondary N) is 1. The highest BCUT2D eigenvalue weighted by Crippen LogP contribution is 2.27. The minimum atomic E-state index is 0.730. The summed E-state index contributed by atoms with van der Waals surface area (Å²) in [5, 5.41) is 5.38. The van der Waals surface area contributed by atoms with Crippen LogP contribution in [0, 0.1) is 6.92 Å². The summed E-state index contributed by atoms with van der Waals surface area (Å²) in [6.07, 6.45) is 1.12. The zero-order valence-corrected chi connectivity index (χ0v) is 12.1. The van der Waals surface area contributed by atoms with Gasteiger partial charge in [-0.15, -0.1) is 11.3 Å². The molecule has 1 N–H and O–H groups in total. The van der Waals surface area contributed by atoms with E-state index in [0.717, 1.165) is 43.5 Å². The molecule has 3 rings (SSSR count). The van der Waals surface area contributed by atoms with E-state index < -0.39 is 0 Å². The first-order chi connectivity index (χ1) is 9.26. The Morgan fingerprint density at radius 1 is 1.42 bits per heavy atom. The van der Waals surface area contributed by atoms with Gasteiger partial charge in [0.2, 0.25) is 5.95 Å². The molecule has 0 amide bonds. The molecular weight excluding hydrogens is 256 g/mol. The van der Waals surface area contributed by atoms with Crippen molar-refractivity contribution in [1.29, 1.82) is 0 Å². The standard InChI is InChI=1S/C14H18N4S/c1-3-15-14-16-10(2)8-13(17-14)18-6-4-12-11(9-18)5-7-19-12/h5,7-8H,3-4,6,9H2,1-2H3,(H,15,16,17). The Morgan fingerprint density at radius 2 is 2.32 bits per heavy atom. The molecule has 0 radical (unpaired) electrons. The van der Waals surface area contributed by atoms with Crippen molar-refractivity contribution in [3.63, 3.8) is 0 Å². The number of anilines is 2. The van der Waals surface area contributed by atoms with Gasteiger partial charge in [0, 0.05) is 36.3 Å². The number of fused-ring (bicyclic) bond motifs is 1. The first kappa shape index (κ1) is 12.4. The predicted molar refractivity (Wildman–Crippen MR) is 80.0 cm³/mol. The van der Waals surface area contributed by atoms with E-state index in [1.54, 1.807) is 0 Å². The average Bonchev–Trinajstić information content (AvgIpc) is 2.85. The zero-order valence-electron chi connectivity index (χ0n) is 11.3. The van der Waals surface area contributed by atoms with E-state index in [9.17, 15) is 0 Å². The van der Waals surface area contributed by atoms with Crippen LogP contribution in [0.2, 0.25) is 0 Å². The summed E-state index contributed by atoms with van der Waals surface area (Å²) in [6.45, 7) is 6.92. The van der Waals surface area contributed by atoms with Crippen LogP contribution in [0.4, 0.5) is 11.8 Å². The van der Waals surface area contributed by atoms with Gasteiger partial charge in [-0.1, -0.05) is 0 Å². The highest BCUT2D eigenvalue weighted by molar-refractivity contribution is 7.10. The lowest BCUT2D eigenvalue weighted by Crippen LogP contribution is -2.30. The molecule has 19 heavy (non-hydrogen) atoms. The number of nitrogens with zero attached hydrogens (tertiary/aromatic N) is 3. The van der Waals surface area contributed by atoms with Crippen molar-refractivity contribution in [3.05, 3.63) is 33.6 Å². The summed E-state index contributed by atoms with van der Waals surface area (Å²) in [4.78, 5) is 12.9. The largest absolute Gasteiger partial charge is 0.354 e. The normalized spacial score (nSPS) is 14.3. The van der Waals surface area contributed by atoms with E-state index in [4.69, 9.17) is 0 Å². The molecule has 0 unspecified atom stereocenters. The SMILES string of the molecule is CCNc1nc(C)cc(N2CCc3sccc3C2)n1. The first-order valence-corrected chi connectivity index (χ1v) is 7.54. The summed E-state index contributed by atoms with van der Waals surface area (Å²) >= 11 is 1.87. The topological polar surface area (TPSA) is 41.1 Å². The fraction of sp³-hybridized carbons (Fsp3) is 0.429. The van der Waals surface area contributed by atoms with Gasteiger partial charge in [0.05, 0.1) is 0 Å². The third-order valence-electron chi connectivity index (χ3n) is 3.31. The van der Waals surface area contributed by atoms with E-state index in [-0.39, 0.29) is 0 Å². The summed E-state index contributed by atoms with van der Waals surface area (Å²) < 4.78 is 0. The Labute approximate surface area is 117 Å². The van der Waals surface area contributed by atoms with Gasteiger partial charge in [-0.2, -0.15) is 4.98 Å². The molecule has 2 aromatic rings. The number of hydrogen-bond donors (Lipinski definition) is 1. The Bertz CT molecular complexity index is 579. The molecule has 0 saturated carbocycles. The highest BCUT2D eigenvalue weighted by Gasteiger charge is 2.19. The molecule has 1 aliphatic heterocycles. The smallest absolute Gasteiger partial charge is 0.224 e. The summed E-state index contributed by atoms with van der Waals surface area (Å²) in [7, 11) is 0. The van der Waals surface area contributed by atoms with E-state index >= 15 is 0 Å². The maximum Gasteiger partial charge on any atom is 0.224 e. The second-order valence-corrected chi connectivity index (χ2v) is 5.76. The van der Waals surface area contributed by atoms with Crippen LogP contribution in [-0.2, 0) is 13.0 Å². The second kappa shape index (κ2) is 5.17. The van der Waals surface area contributed by atoms with Crippen molar-refractivity contribution in [2.24, 2.45) is 0 Å². The molecule has 0 saturated heterocycles. The number of hydrogen-bond acceptors (Lipinski definition) is 5. The molecule has 0 atom stereocenters. The third-order valence-corrected chi connectivity index (χ3v) is 4.33. The van der Waals surface area contributed by atoms with Crippen molar-refractivity contribution in [1.82, 2.24) is 9.97 Å². The lowest BCUT2D eigenvalue weighted by molar-refractivity contribution is 0.729. The molecule has 3 heterocycles. The van der Waals surface area contributed by atoms with Crippen LogP contribution in [0.1, 0.15) is 23.1 Å². The van der Waals surface area contributed by atoms with Gasteiger partial charge in [0.1, 0.15) is 5.82 Å². The fourth-order valence-electron chi connectivity index (χ4n) is 2.40. The second-order valence-electron chi connectivity index (χ2n) is 4.76. The fourth-order valence-corrected chi connectivity index (χ4v) is 3.28. The van der Waals surface area contributed by atoms with Gasteiger partial charge >= 0.3 is 0 Å². The first-order valence-electron chi connectivity index (χ1n) is 6.66. The van der Waals surface area contributed by atoms with Crippen molar-refractivity contribution in [2.75, 3.05) is 23.3 Å². The summed E-state index contributed by atoms with van der Waals surface area (Å²) in [5.41, 5.74) is 2.45. The molecule has 100 valence electrons. The summed E-state index contributed by atoms with van der Waals surface area (Å²) in [5.74, 6) is 1.76. The van der Waals surface area contributed by atoms with Crippen LogP contribution in [0.3, 0.4) is 0 Å². The maximum atomic E-state index is 4.61. The van der Waals surface area contributed by atoms with Gasteiger partial charge in [-0.05, 0) is 37.3 Å². The van der Waals surface area contributed by atoms with Gasteiger partial charge in [-0.3, -0.25) is 0 Å². The molecule has 4 nitrogen and oxygen atoms in total.